The Kier molecular flexibility index (Phi) is 5.16. The number of hydrogen-bond acceptors (Lipinski definition) is 3. The Labute approximate surface area is 120 Å². The molecule has 0 atom stereocenters. The van der Waals surface area contributed by atoms with Crippen LogP contribution in [0.3, 0.4) is 0 Å². The molecule has 0 aliphatic heterocycles. The summed E-state index contributed by atoms with van der Waals surface area (Å²) in [6.45, 7) is 0. The van der Waals surface area contributed by atoms with Crippen molar-refractivity contribution in [2.75, 3.05) is 19.0 Å². The quantitative estimate of drug-likeness (QED) is 0.677. The van der Waals surface area contributed by atoms with Gasteiger partial charge in [0, 0.05) is 25.7 Å². The van der Waals surface area contributed by atoms with Crippen LogP contribution >= 0.6 is 0 Å². The van der Waals surface area contributed by atoms with Gasteiger partial charge in [0.2, 0.25) is 5.91 Å². The van der Waals surface area contributed by atoms with Crippen LogP contribution < -0.4 is 10.3 Å². The van der Waals surface area contributed by atoms with Crippen molar-refractivity contribution in [3.8, 4) is 0 Å². The number of hydrazone groups is 1. The summed E-state index contributed by atoms with van der Waals surface area (Å²) >= 11 is 0. The molecular weight excluding hydrogens is 250 g/mol. The Bertz CT molecular complexity index is 459. The number of nitrogens with zero attached hydrogens (tertiary/aromatic N) is 2. The summed E-state index contributed by atoms with van der Waals surface area (Å²) in [4.78, 5) is 13.9. The average molecular weight is 273 g/mol. The van der Waals surface area contributed by atoms with Gasteiger partial charge in [0.15, 0.2) is 0 Å². The molecule has 0 bridgehead atoms. The van der Waals surface area contributed by atoms with Crippen molar-refractivity contribution in [1.82, 2.24) is 5.43 Å². The Morgan fingerprint density at radius 2 is 1.85 bits per heavy atom. The molecule has 4 nitrogen and oxygen atoms in total. The molecule has 0 radical (unpaired) electrons. The monoisotopic (exact) mass is 273 g/mol. The maximum Gasteiger partial charge on any atom is 0.243 e. The summed E-state index contributed by atoms with van der Waals surface area (Å²) in [5.74, 6) is 0.211. The molecule has 2 rings (SSSR count). The molecule has 20 heavy (non-hydrogen) atoms. The van der Waals surface area contributed by atoms with Crippen LogP contribution in [-0.2, 0) is 4.79 Å². The number of anilines is 1. The topological polar surface area (TPSA) is 44.7 Å². The predicted molar refractivity (Wildman–Crippen MR) is 83.1 cm³/mol. The number of nitrogens with one attached hydrogen (secondary N) is 1. The van der Waals surface area contributed by atoms with Crippen molar-refractivity contribution in [1.29, 1.82) is 0 Å². The molecule has 1 aliphatic carbocycles. The minimum absolute atomic E-state index is 0.0610. The van der Waals surface area contributed by atoms with Gasteiger partial charge in [-0.05, 0) is 30.5 Å². The number of amides is 1. The second kappa shape index (κ2) is 7.08. The highest BCUT2D eigenvalue weighted by molar-refractivity contribution is 5.83. The van der Waals surface area contributed by atoms with Gasteiger partial charge in [-0.1, -0.05) is 31.4 Å². The van der Waals surface area contributed by atoms with Crippen molar-refractivity contribution in [2.24, 2.45) is 11.0 Å². The van der Waals surface area contributed by atoms with Gasteiger partial charge in [0.25, 0.3) is 0 Å². The smallest absolute Gasteiger partial charge is 0.243 e. The van der Waals surface area contributed by atoms with E-state index in [4.69, 9.17) is 0 Å². The summed E-state index contributed by atoms with van der Waals surface area (Å²) < 4.78 is 0. The molecule has 1 aromatic rings. The second-order valence-corrected chi connectivity index (χ2v) is 5.56. The van der Waals surface area contributed by atoms with E-state index >= 15 is 0 Å². The van der Waals surface area contributed by atoms with Gasteiger partial charge in [0.1, 0.15) is 0 Å². The molecule has 0 heterocycles. The standard InChI is InChI=1S/C16H23N3O/c1-19(2)15-10-8-13(9-11-15)12-17-18-16(20)14-6-4-3-5-7-14/h8-12,14H,3-7H2,1-2H3,(H,18,20)/b17-12+. The SMILES string of the molecule is CN(C)c1ccc(/C=N/NC(=O)C2CCCCC2)cc1. The molecule has 1 N–H and O–H groups in total. The second-order valence-electron chi connectivity index (χ2n) is 5.56. The van der Waals surface area contributed by atoms with Crippen molar-refractivity contribution in [3.63, 3.8) is 0 Å². The summed E-state index contributed by atoms with van der Waals surface area (Å²) in [6.07, 6.45) is 7.27. The number of hydrogen-bond donors (Lipinski definition) is 1. The lowest BCUT2D eigenvalue weighted by Gasteiger charge is -2.19. The van der Waals surface area contributed by atoms with E-state index < -0.39 is 0 Å². The Morgan fingerprint density at radius 1 is 1.20 bits per heavy atom. The first-order valence-electron chi connectivity index (χ1n) is 7.27. The molecule has 1 aromatic carbocycles. The summed E-state index contributed by atoms with van der Waals surface area (Å²) in [5, 5.41) is 4.05. The van der Waals surface area contributed by atoms with E-state index in [1.807, 2.05) is 43.3 Å². The van der Waals surface area contributed by atoms with E-state index in [0.717, 1.165) is 36.9 Å². The molecule has 4 heteroatoms. The highest BCUT2D eigenvalue weighted by Gasteiger charge is 2.20. The fourth-order valence-electron chi connectivity index (χ4n) is 2.49. The van der Waals surface area contributed by atoms with Crippen LogP contribution in [0.15, 0.2) is 29.4 Å². The summed E-state index contributed by atoms with van der Waals surface area (Å²) in [5.41, 5.74) is 4.79. The zero-order valence-corrected chi connectivity index (χ0v) is 12.3. The van der Waals surface area contributed by atoms with Gasteiger partial charge in [-0.2, -0.15) is 5.10 Å². The van der Waals surface area contributed by atoms with E-state index in [1.54, 1.807) is 6.21 Å². The molecule has 0 aromatic heterocycles. The molecule has 0 spiro atoms. The maximum absolute atomic E-state index is 11.9. The molecule has 1 amide bonds. The number of rotatable bonds is 4. The van der Waals surface area contributed by atoms with Crippen LogP contribution in [0.5, 0.6) is 0 Å². The largest absolute Gasteiger partial charge is 0.378 e. The molecular formula is C16H23N3O. The van der Waals surface area contributed by atoms with Crippen molar-refractivity contribution in [2.45, 2.75) is 32.1 Å². The minimum atomic E-state index is 0.0610. The van der Waals surface area contributed by atoms with Gasteiger partial charge >= 0.3 is 0 Å². The Balaban J connectivity index is 1.84. The first-order chi connectivity index (χ1) is 9.66. The van der Waals surface area contributed by atoms with Gasteiger partial charge < -0.3 is 4.90 Å². The van der Waals surface area contributed by atoms with Gasteiger partial charge in [0.05, 0.1) is 6.21 Å². The lowest BCUT2D eigenvalue weighted by Crippen LogP contribution is -2.28. The molecule has 1 aliphatic rings. The van der Waals surface area contributed by atoms with Crippen LogP contribution in [0.2, 0.25) is 0 Å². The van der Waals surface area contributed by atoms with Crippen molar-refractivity contribution >= 4 is 17.8 Å². The van der Waals surface area contributed by atoms with E-state index in [1.165, 1.54) is 6.42 Å². The maximum atomic E-state index is 11.9. The third-order valence-corrected chi connectivity index (χ3v) is 3.77. The summed E-state index contributed by atoms with van der Waals surface area (Å²) in [7, 11) is 4.01. The zero-order valence-electron chi connectivity index (χ0n) is 12.3. The highest BCUT2D eigenvalue weighted by atomic mass is 16.2. The average Bonchev–Trinajstić information content (AvgIpc) is 2.48. The number of carbonyl (C=O) groups is 1. The normalized spacial score (nSPS) is 16.3. The van der Waals surface area contributed by atoms with E-state index in [0.29, 0.717) is 0 Å². The number of benzene rings is 1. The highest BCUT2D eigenvalue weighted by Crippen LogP contribution is 2.23. The molecule has 0 saturated heterocycles. The van der Waals surface area contributed by atoms with Crippen LogP contribution in [0, 0.1) is 5.92 Å². The first kappa shape index (κ1) is 14.6. The Hall–Kier alpha value is -1.84. The Morgan fingerprint density at radius 3 is 2.45 bits per heavy atom. The van der Waals surface area contributed by atoms with Crippen LogP contribution in [0.25, 0.3) is 0 Å². The fourth-order valence-corrected chi connectivity index (χ4v) is 2.49. The molecule has 1 fully saturated rings. The zero-order chi connectivity index (χ0) is 14.4. The van der Waals surface area contributed by atoms with Crippen LogP contribution in [0.4, 0.5) is 5.69 Å². The van der Waals surface area contributed by atoms with Gasteiger partial charge in [-0.25, -0.2) is 5.43 Å². The van der Waals surface area contributed by atoms with Crippen LogP contribution in [0.1, 0.15) is 37.7 Å². The van der Waals surface area contributed by atoms with Crippen molar-refractivity contribution in [3.05, 3.63) is 29.8 Å². The van der Waals surface area contributed by atoms with Gasteiger partial charge in [-0.15, -0.1) is 0 Å². The minimum Gasteiger partial charge on any atom is -0.378 e. The number of carbonyl (C=O) groups excluding carboxylic acids is 1. The van der Waals surface area contributed by atoms with Crippen LogP contribution in [-0.4, -0.2) is 26.2 Å². The van der Waals surface area contributed by atoms with Crippen molar-refractivity contribution < 1.29 is 4.79 Å². The van der Waals surface area contributed by atoms with E-state index in [-0.39, 0.29) is 11.8 Å². The lowest BCUT2D eigenvalue weighted by atomic mass is 9.89. The molecule has 1 saturated carbocycles. The van der Waals surface area contributed by atoms with Gasteiger partial charge in [-0.3, -0.25) is 4.79 Å². The third kappa shape index (κ3) is 4.08. The molecule has 0 unspecified atom stereocenters. The van der Waals surface area contributed by atoms with E-state index in [2.05, 4.69) is 10.5 Å². The fraction of sp³-hybridized carbons (Fsp3) is 0.500. The van der Waals surface area contributed by atoms with E-state index in [9.17, 15) is 4.79 Å². The summed E-state index contributed by atoms with van der Waals surface area (Å²) in [6, 6.07) is 8.05. The first-order valence-corrected chi connectivity index (χ1v) is 7.27. The third-order valence-electron chi connectivity index (χ3n) is 3.77. The molecule has 108 valence electrons. The predicted octanol–water partition coefficient (Wildman–Crippen LogP) is 2.78. The lowest BCUT2D eigenvalue weighted by molar-refractivity contribution is -0.125.